The summed E-state index contributed by atoms with van der Waals surface area (Å²) in [7, 11) is 1.34. The first-order valence-electron chi connectivity index (χ1n) is 6.56. The van der Waals surface area contributed by atoms with E-state index in [4.69, 9.17) is 4.74 Å². The average Bonchev–Trinajstić information content (AvgIpc) is 2.41. The second-order valence-corrected chi connectivity index (χ2v) is 5.61. The van der Waals surface area contributed by atoms with Crippen LogP contribution in [0.1, 0.15) is 31.1 Å². The van der Waals surface area contributed by atoms with Crippen LogP contribution in [-0.4, -0.2) is 43.0 Å². The lowest BCUT2D eigenvalue weighted by atomic mass is 10.1. The van der Waals surface area contributed by atoms with Gasteiger partial charge in [-0.3, -0.25) is 0 Å². The summed E-state index contributed by atoms with van der Waals surface area (Å²) in [6.45, 7) is 6.76. The molecule has 0 aromatic heterocycles. The topological polar surface area (TPSA) is 67.8 Å². The van der Waals surface area contributed by atoms with Crippen molar-refractivity contribution in [3.8, 4) is 5.75 Å². The van der Waals surface area contributed by atoms with Crippen molar-refractivity contribution < 1.29 is 19.4 Å². The zero-order valence-electron chi connectivity index (χ0n) is 12.5. The predicted octanol–water partition coefficient (Wildman–Crippen LogP) is 1.60. The highest BCUT2D eigenvalue weighted by molar-refractivity contribution is 5.89. The molecule has 5 nitrogen and oxygen atoms in total. The molecule has 1 rings (SSSR count). The summed E-state index contributed by atoms with van der Waals surface area (Å²) in [6.07, 6.45) is -0.588. The Morgan fingerprint density at radius 2 is 1.90 bits per heavy atom. The van der Waals surface area contributed by atoms with Crippen molar-refractivity contribution in [2.75, 3.05) is 20.3 Å². The quantitative estimate of drug-likeness (QED) is 0.775. The van der Waals surface area contributed by atoms with Crippen molar-refractivity contribution in [2.24, 2.45) is 0 Å². The molecule has 1 aromatic carbocycles. The Morgan fingerprint density at radius 1 is 1.30 bits per heavy atom. The maximum Gasteiger partial charge on any atom is 0.337 e. The molecule has 0 bridgehead atoms. The Balaban J connectivity index is 2.40. The highest BCUT2D eigenvalue weighted by atomic mass is 16.5. The predicted molar refractivity (Wildman–Crippen MR) is 77.0 cm³/mol. The molecule has 112 valence electrons. The van der Waals surface area contributed by atoms with E-state index in [1.807, 2.05) is 20.8 Å². The summed E-state index contributed by atoms with van der Waals surface area (Å²) >= 11 is 0. The molecule has 0 aliphatic carbocycles. The summed E-state index contributed by atoms with van der Waals surface area (Å²) in [5, 5.41) is 13.0. The lowest BCUT2D eigenvalue weighted by Gasteiger charge is -2.22. The largest absolute Gasteiger partial charge is 0.491 e. The van der Waals surface area contributed by atoms with E-state index in [2.05, 4.69) is 10.1 Å². The molecule has 0 saturated heterocycles. The lowest BCUT2D eigenvalue weighted by molar-refractivity contribution is 0.0600. The Kier molecular flexibility index (Phi) is 5.98. The summed E-state index contributed by atoms with van der Waals surface area (Å²) < 4.78 is 10.1. The molecule has 5 heteroatoms. The number of esters is 1. The van der Waals surface area contributed by atoms with Crippen LogP contribution >= 0.6 is 0 Å². The van der Waals surface area contributed by atoms with Crippen LogP contribution in [0.5, 0.6) is 5.75 Å². The first-order valence-corrected chi connectivity index (χ1v) is 6.56. The number of aliphatic hydroxyl groups is 1. The number of aliphatic hydroxyl groups excluding tert-OH is 1. The third kappa shape index (κ3) is 6.04. The summed E-state index contributed by atoms with van der Waals surface area (Å²) in [5.41, 5.74) is 0.429. The maximum atomic E-state index is 11.3. The van der Waals surface area contributed by atoms with Crippen LogP contribution in [-0.2, 0) is 4.74 Å². The third-order valence-corrected chi connectivity index (χ3v) is 2.59. The van der Waals surface area contributed by atoms with Gasteiger partial charge in [0.2, 0.25) is 0 Å². The zero-order valence-corrected chi connectivity index (χ0v) is 12.5. The monoisotopic (exact) mass is 281 g/mol. The van der Waals surface area contributed by atoms with Gasteiger partial charge in [0, 0.05) is 12.1 Å². The third-order valence-electron chi connectivity index (χ3n) is 2.59. The number of carbonyl (C=O) groups excluding carboxylic acids is 1. The van der Waals surface area contributed by atoms with E-state index in [-0.39, 0.29) is 18.1 Å². The zero-order chi connectivity index (χ0) is 15.2. The molecule has 0 unspecified atom stereocenters. The highest BCUT2D eigenvalue weighted by Gasteiger charge is 2.12. The van der Waals surface area contributed by atoms with Crippen molar-refractivity contribution in [3.05, 3.63) is 29.8 Å². The van der Waals surface area contributed by atoms with Crippen LogP contribution in [0.2, 0.25) is 0 Å². The van der Waals surface area contributed by atoms with Crippen molar-refractivity contribution in [3.63, 3.8) is 0 Å². The number of ether oxygens (including phenoxy) is 2. The standard InChI is InChI=1S/C15H23NO4/c1-15(2,3)16-9-12(17)10-20-13-7-5-11(6-8-13)14(18)19-4/h5-8,12,16-17H,9-10H2,1-4H3/t12-/m0/s1. The average molecular weight is 281 g/mol. The Morgan fingerprint density at radius 3 is 2.40 bits per heavy atom. The van der Waals surface area contributed by atoms with Gasteiger partial charge in [0.25, 0.3) is 0 Å². The van der Waals surface area contributed by atoms with Gasteiger partial charge in [-0.2, -0.15) is 0 Å². The van der Waals surface area contributed by atoms with Crippen LogP contribution in [0.25, 0.3) is 0 Å². The molecule has 20 heavy (non-hydrogen) atoms. The maximum absolute atomic E-state index is 11.3. The van der Waals surface area contributed by atoms with E-state index in [0.29, 0.717) is 17.9 Å². The van der Waals surface area contributed by atoms with E-state index < -0.39 is 6.10 Å². The highest BCUT2D eigenvalue weighted by Crippen LogP contribution is 2.13. The van der Waals surface area contributed by atoms with Crippen LogP contribution in [0.4, 0.5) is 0 Å². The van der Waals surface area contributed by atoms with Crippen molar-refractivity contribution in [2.45, 2.75) is 32.4 Å². The first-order chi connectivity index (χ1) is 9.31. The molecule has 0 amide bonds. The fourth-order valence-corrected chi connectivity index (χ4v) is 1.48. The summed E-state index contributed by atoms with van der Waals surface area (Å²) in [5.74, 6) is 0.221. The van der Waals surface area contributed by atoms with E-state index >= 15 is 0 Å². The number of nitrogens with one attached hydrogen (secondary N) is 1. The Labute approximate surface area is 119 Å². The van der Waals surface area contributed by atoms with Crippen molar-refractivity contribution in [1.29, 1.82) is 0 Å². The Hall–Kier alpha value is -1.59. The molecule has 0 heterocycles. The number of β-amino-alcohol motifs (C(OH)–C–C–N with tert-alkyl or cyclic N) is 1. The molecule has 1 aromatic rings. The van der Waals surface area contributed by atoms with Gasteiger partial charge >= 0.3 is 5.97 Å². The molecule has 0 radical (unpaired) electrons. The van der Waals surface area contributed by atoms with E-state index in [0.717, 1.165) is 0 Å². The van der Waals surface area contributed by atoms with E-state index in [9.17, 15) is 9.90 Å². The molecule has 0 aliphatic rings. The van der Waals surface area contributed by atoms with Gasteiger partial charge in [-0.05, 0) is 45.0 Å². The van der Waals surface area contributed by atoms with Crippen molar-refractivity contribution >= 4 is 5.97 Å². The SMILES string of the molecule is COC(=O)c1ccc(OC[C@@H](O)CNC(C)(C)C)cc1. The molecular formula is C15H23NO4. The second-order valence-electron chi connectivity index (χ2n) is 5.61. The molecule has 0 saturated carbocycles. The molecule has 0 spiro atoms. The minimum atomic E-state index is -0.588. The van der Waals surface area contributed by atoms with Gasteiger partial charge in [0.1, 0.15) is 18.5 Å². The second kappa shape index (κ2) is 7.26. The van der Waals surface area contributed by atoms with Gasteiger partial charge in [0.05, 0.1) is 12.7 Å². The molecule has 0 fully saturated rings. The van der Waals surface area contributed by atoms with Gasteiger partial charge in [-0.1, -0.05) is 0 Å². The fourth-order valence-electron chi connectivity index (χ4n) is 1.48. The minimum Gasteiger partial charge on any atom is -0.491 e. The molecule has 2 N–H and O–H groups in total. The number of benzene rings is 1. The molecular weight excluding hydrogens is 258 g/mol. The van der Waals surface area contributed by atoms with E-state index in [1.54, 1.807) is 24.3 Å². The van der Waals surface area contributed by atoms with Gasteiger partial charge < -0.3 is 19.9 Å². The number of methoxy groups -OCH3 is 1. The number of hydrogen-bond donors (Lipinski definition) is 2. The first kappa shape index (κ1) is 16.5. The van der Waals surface area contributed by atoms with Crippen LogP contribution in [0.3, 0.4) is 0 Å². The number of hydrogen-bond acceptors (Lipinski definition) is 5. The summed E-state index contributed by atoms with van der Waals surface area (Å²) in [4.78, 5) is 11.3. The lowest BCUT2D eigenvalue weighted by Crippen LogP contribution is -2.42. The number of carbonyl (C=O) groups is 1. The van der Waals surface area contributed by atoms with E-state index in [1.165, 1.54) is 7.11 Å². The fraction of sp³-hybridized carbons (Fsp3) is 0.533. The van der Waals surface area contributed by atoms with Crippen LogP contribution < -0.4 is 10.1 Å². The molecule has 0 aliphatic heterocycles. The van der Waals surface area contributed by atoms with Crippen LogP contribution in [0, 0.1) is 0 Å². The van der Waals surface area contributed by atoms with Crippen LogP contribution in [0.15, 0.2) is 24.3 Å². The van der Waals surface area contributed by atoms with Gasteiger partial charge in [0.15, 0.2) is 0 Å². The number of rotatable bonds is 6. The van der Waals surface area contributed by atoms with Gasteiger partial charge in [-0.15, -0.1) is 0 Å². The van der Waals surface area contributed by atoms with Crippen molar-refractivity contribution in [1.82, 2.24) is 5.32 Å². The molecule has 1 atom stereocenters. The minimum absolute atomic E-state index is 0.0385. The summed E-state index contributed by atoms with van der Waals surface area (Å²) in [6, 6.07) is 6.61. The smallest absolute Gasteiger partial charge is 0.337 e. The Bertz CT molecular complexity index is 422. The normalized spacial score (nSPS) is 12.8. The van der Waals surface area contributed by atoms with Gasteiger partial charge in [-0.25, -0.2) is 4.79 Å².